The van der Waals surface area contributed by atoms with Crippen LogP contribution >= 0.6 is 0 Å². The molecule has 0 radical (unpaired) electrons. The van der Waals surface area contributed by atoms with Crippen molar-refractivity contribution < 1.29 is 14.6 Å². The van der Waals surface area contributed by atoms with E-state index >= 15 is 0 Å². The van der Waals surface area contributed by atoms with Gasteiger partial charge in [-0.1, -0.05) is 96.2 Å². The predicted molar refractivity (Wildman–Crippen MR) is 160 cm³/mol. The second kappa shape index (κ2) is 26.1. The van der Waals surface area contributed by atoms with Crippen LogP contribution in [0, 0.1) is 0 Å². The van der Waals surface area contributed by atoms with Gasteiger partial charge in [-0.25, -0.2) is 0 Å². The molecule has 0 saturated heterocycles. The van der Waals surface area contributed by atoms with E-state index in [1.807, 2.05) is 29.3 Å². The Labute approximate surface area is 226 Å². The molecule has 1 aromatic carbocycles. The molecule has 0 aromatic heterocycles. The first-order valence-corrected chi connectivity index (χ1v) is 13.3. The van der Waals surface area contributed by atoms with Crippen LogP contribution in [0.5, 0.6) is 0 Å². The summed E-state index contributed by atoms with van der Waals surface area (Å²) in [5, 5.41) is 15.6. The molecule has 1 aliphatic heterocycles. The van der Waals surface area contributed by atoms with Gasteiger partial charge in [-0.2, -0.15) is 5.10 Å². The maximum Gasteiger partial charge on any atom is 0.157 e. The fourth-order valence-corrected chi connectivity index (χ4v) is 2.65. The molecule has 0 spiro atoms. The zero-order valence-electron chi connectivity index (χ0n) is 24.2. The van der Waals surface area contributed by atoms with Crippen molar-refractivity contribution >= 4 is 17.7 Å². The highest BCUT2D eigenvalue weighted by Crippen LogP contribution is 2.24. The number of β-amino-alcohol motifs (C(OH)–C–C–N with tert-alkyl or cyclic N) is 1. The zero-order chi connectivity index (χ0) is 28.3. The van der Waals surface area contributed by atoms with Crippen molar-refractivity contribution in [3.8, 4) is 0 Å². The number of aliphatic hydroxyl groups excluding tert-OH is 1. The number of benzene rings is 1. The molecule has 0 fully saturated rings. The summed E-state index contributed by atoms with van der Waals surface area (Å²) in [6.45, 7) is 20.8. The van der Waals surface area contributed by atoms with Crippen LogP contribution in [0.2, 0.25) is 0 Å². The third-order valence-corrected chi connectivity index (χ3v) is 4.88. The van der Waals surface area contributed by atoms with E-state index in [1.54, 1.807) is 12.2 Å². The van der Waals surface area contributed by atoms with Crippen LogP contribution in [0.1, 0.15) is 65.9 Å². The fraction of sp³-hybridized carbons (Fsp3) is 0.484. The van der Waals surface area contributed by atoms with Gasteiger partial charge in [-0.3, -0.25) is 9.80 Å². The Kier molecular flexibility index (Phi) is 25.5. The van der Waals surface area contributed by atoms with E-state index in [0.29, 0.717) is 18.6 Å². The van der Waals surface area contributed by atoms with Crippen molar-refractivity contribution in [1.82, 2.24) is 9.91 Å². The number of carbonyl (C=O) groups is 1. The lowest BCUT2D eigenvalue weighted by Crippen LogP contribution is -2.24. The van der Waals surface area contributed by atoms with Gasteiger partial charge in [0.1, 0.15) is 12.4 Å². The maximum absolute atomic E-state index is 9.83. The first-order chi connectivity index (χ1) is 17.9. The van der Waals surface area contributed by atoms with Crippen molar-refractivity contribution in [3.63, 3.8) is 0 Å². The molecule has 1 aliphatic rings. The number of hydrazone groups is 1. The van der Waals surface area contributed by atoms with E-state index < -0.39 is 0 Å². The number of aldehydes is 1. The minimum atomic E-state index is 0.0667. The third kappa shape index (κ3) is 19.9. The van der Waals surface area contributed by atoms with Crippen LogP contribution in [0.3, 0.4) is 0 Å². The molecule has 0 atom stereocenters. The summed E-state index contributed by atoms with van der Waals surface area (Å²) < 4.78 is 4.85. The van der Waals surface area contributed by atoms with Crippen molar-refractivity contribution in [2.45, 2.75) is 60.3 Å². The quantitative estimate of drug-likeness (QED) is 0.146. The molecular weight excluding hydrogens is 462 g/mol. The Morgan fingerprint density at radius 2 is 1.78 bits per heavy atom. The van der Waals surface area contributed by atoms with Crippen LogP contribution in [0.4, 0.5) is 0 Å². The number of rotatable bonds is 12. The van der Waals surface area contributed by atoms with Crippen molar-refractivity contribution in [3.05, 3.63) is 79.1 Å². The number of hydrogen-bond donors (Lipinski definition) is 1. The summed E-state index contributed by atoms with van der Waals surface area (Å²) >= 11 is 0. The Balaban J connectivity index is 0. The average Bonchev–Trinajstić information content (AvgIpc) is 2.93. The third-order valence-electron chi connectivity index (χ3n) is 4.88. The van der Waals surface area contributed by atoms with Gasteiger partial charge in [0.05, 0.1) is 18.8 Å². The molecule has 0 saturated carbocycles. The second-order valence-corrected chi connectivity index (χ2v) is 8.09. The highest BCUT2D eigenvalue weighted by molar-refractivity contribution is 5.89. The lowest BCUT2D eigenvalue weighted by Gasteiger charge is -2.26. The topological polar surface area (TPSA) is 65.4 Å². The molecule has 0 aliphatic carbocycles. The largest absolute Gasteiger partial charge is 0.487 e. The van der Waals surface area contributed by atoms with Gasteiger partial charge in [0.25, 0.3) is 0 Å². The molecular formula is C31H51N3O3. The number of aliphatic hydroxyl groups is 1. The monoisotopic (exact) mass is 513 g/mol. The number of allylic oxidation sites excluding steroid dienone is 4. The van der Waals surface area contributed by atoms with Crippen LogP contribution in [-0.4, -0.2) is 66.9 Å². The van der Waals surface area contributed by atoms with E-state index in [1.165, 1.54) is 6.42 Å². The SMILES string of the molecule is C=CC/C=C\C(=C)OCC=O.CCC.CCC1=NN(CCO)C(c2ccccc2)=CC1.CCN(C)CC. The molecule has 6 nitrogen and oxygen atoms in total. The Morgan fingerprint density at radius 1 is 1.16 bits per heavy atom. The lowest BCUT2D eigenvalue weighted by atomic mass is 10.1. The smallest absolute Gasteiger partial charge is 0.157 e. The summed E-state index contributed by atoms with van der Waals surface area (Å²) in [7, 11) is 2.11. The van der Waals surface area contributed by atoms with Crippen LogP contribution in [0.15, 0.2) is 78.7 Å². The van der Waals surface area contributed by atoms with E-state index in [0.717, 1.165) is 49.3 Å². The van der Waals surface area contributed by atoms with Crippen LogP contribution in [0.25, 0.3) is 5.70 Å². The summed E-state index contributed by atoms with van der Waals surface area (Å²) in [6, 6.07) is 10.2. The first kappa shape index (κ1) is 36.2. The second-order valence-electron chi connectivity index (χ2n) is 8.09. The molecule has 208 valence electrons. The van der Waals surface area contributed by atoms with Crippen molar-refractivity contribution in [2.24, 2.45) is 5.10 Å². The van der Waals surface area contributed by atoms with Gasteiger partial charge in [-0.05, 0) is 44.6 Å². The van der Waals surface area contributed by atoms with E-state index in [2.05, 4.69) is 83.0 Å². The lowest BCUT2D eigenvalue weighted by molar-refractivity contribution is -0.110. The first-order valence-electron chi connectivity index (χ1n) is 13.3. The standard InChI is InChI=1S/C14H18N2O.C9H12O2.C5H13N.C3H8/c1-2-13-8-9-14(16(15-13)10-11-17)12-6-4-3-5-7-12;1-3-4-5-6-9(2)11-8-7-10;1-4-6(3)5-2;1-3-2/h3-7,9,17H,2,8,10-11H2,1H3;3,5-7H,1-2,4,8H2;4-5H2,1-3H3;3H2,1-2H3/b;6-5-;;. The molecule has 1 N–H and O–H groups in total. The molecule has 1 aromatic rings. The van der Waals surface area contributed by atoms with Gasteiger partial charge < -0.3 is 14.7 Å². The predicted octanol–water partition coefficient (Wildman–Crippen LogP) is 6.71. The minimum absolute atomic E-state index is 0.0667. The minimum Gasteiger partial charge on any atom is -0.487 e. The van der Waals surface area contributed by atoms with Gasteiger partial charge in [0.15, 0.2) is 6.29 Å². The van der Waals surface area contributed by atoms with Crippen LogP contribution in [-0.2, 0) is 9.53 Å². The number of ether oxygens (including phenoxy) is 1. The molecule has 1 heterocycles. The van der Waals surface area contributed by atoms with Crippen LogP contribution < -0.4 is 0 Å². The zero-order valence-corrected chi connectivity index (χ0v) is 24.2. The van der Waals surface area contributed by atoms with Gasteiger partial charge >= 0.3 is 0 Å². The normalized spacial score (nSPS) is 12.1. The highest BCUT2D eigenvalue weighted by atomic mass is 16.5. The van der Waals surface area contributed by atoms with E-state index in [9.17, 15) is 4.79 Å². The summed E-state index contributed by atoms with van der Waals surface area (Å²) in [5.41, 5.74) is 3.41. The molecule has 0 bridgehead atoms. The summed E-state index contributed by atoms with van der Waals surface area (Å²) in [4.78, 5) is 12.1. The molecule has 37 heavy (non-hydrogen) atoms. The van der Waals surface area contributed by atoms with Crippen molar-refractivity contribution in [1.29, 1.82) is 0 Å². The number of nitrogens with zero attached hydrogens (tertiary/aromatic N) is 3. The molecule has 6 heteroatoms. The number of carbonyl (C=O) groups excluding carboxylic acids is 1. The summed E-state index contributed by atoms with van der Waals surface area (Å²) in [5.74, 6) is 0.499. The molecule has 0 amide bonds. The van der Waals surface area contributed by atoms with Gasteiger partial charge in [0.2, 0.25) is 0 Å². The highest BCUT2D eigenvalue weighted by Gasteiger charge is 2.15. The Bertz CT molecular complexity index is 797. The maximum atomic E-state index is 9.83. The van der Waals surface area contributed by atoms with E-state index in [4.69, 9.17) is 9.84 Å². The van der Waals surface area contributed by atoms with E-state index in [-0.39, 0.29) is 13.2 Å². The Morgan fingerprint density at radius 3 is 2.24 bits per heavy atom. The molecule has 2 rings (SSSR count). The van der Waals surface area contributed by atoms with Gasteiger partial charge in [-0.15, -0.1) is 6.58 Å². The number of hydrogen-bond acceptors (Lipinski definition) is 6. The summed E-state index contributed by atoms with van der Waals surface area (Å²) in [6.07, 6.45) is 12.1. The van der Waals surface area contributed by atoms with Crippen molar-refractivity contribution in [2.75, 3.05) is 39.9 Å². The average molecular weight is 514 g/mol. The molecule has 0 unspecified atom stereocenters. The fourth-order valence-electron chi connectivity index (χ4n) is 2.65. The van der Waals surface area contributed by atoms with Gasteiger partial charge in [0, 0.05) is 12.1 Å². The Hall–Kier alpha value is -2.96.